The average Bonchev–Trinajstić information content (AvgIpc) is 3.98. The Morgan fingerprint density at radius 3 is 1.06 bits per heavy atom. The van der Waals surface area contributed by atoms with E-state index >= 15 is 0 Å². The standard InChI is InChI=1S/C45H34N4/c1-29-28-40-43(32-18-10-4-11-19-32)38-25-24-36(47-38)41(30-14-6-2-7-15-30)34-22-23-35(46-34)42(31-16-8-3-9-17-31)37-26-27-39(48-37)44(45(29)49-40)33-20-12-5-13-21-33/h2-28,46-49H,1H3. The van der Waals surface area contributed by atoms with Crippen LogP contribution in [0, 0.1) is 6.92 Å². The molecule has 0 spiro atoms. The van der Waals surface area contributed by atoms with Crippen LogP contribution in [0.15, 0.2) is 164 Å². The Kier molecular flexibility index (Phi) is 6.98. The number of aromatic nitrogens is 4. The Balaban J connectivity index is 1.46. The van der Waals surface area contributed by atoms with E-state index in [4.69, 9.17) is 0 Å². The molecule has 4 nitrogen and oxygen atoms in total. The van der Waals surface area contributed by atoms with E-state index in [1.165, 1.54) is 5.56 Å². The lowest BCUT2D eigenvalue weighted by atomic mass is 10.0. The predicted octanol–water partition coefficient (Wildman–Crippen LogP) is 6.61. The molecule has 0 atom stereocenters. The minimum Gasteiger partial charge on any atom is -0.354 e. The van der Waals surface area contributed by atoms with Crippen LogP contribution in [0.3, 0.4) is 0 Å². The van der Waals surface area contributed by atoms with Gasteiger partial charge in [-0.15, -0.1) is 0 Å². The summed E-state index contributed by atoms with van der Waals surface area (Å²) in [4.78, 5) is 15.5. The Morgan fingerprint density at radius 1 is 0.306 bits per heavy atom. The monoisotopic (exact) mass is 630 g/mol. The average molecular weight is 631 g/mol. The van der Waals surface area contributed by atoms with Crippen molar-refractivity contribution in [3.63, 3.8) is 0 Å². The van der Waals surface area contributed by atoms with Crippen molar-refractivity contribution in [3.05, 3.63) is 236 Å². The molecule has 0 saturated heterocycles. The molecule has 0 fully saturated rings. The van der Waals surface area contributed by atoms with Crippen molar-refractivity contribution in [3.8, 4) is 0 Å². The van der Waals surface area contributed by atoms with Crippen molar-refractivity contribution < 1.29 is 0 Å². The third-order valence-electron chi connectivity index (χ3n) is 9.46. The van der Waals surface area contributed by atoms with E-state index in [1.54, 1.807) is 0 Å². The normalized spacial score (nSPS) is 12.8. The molecule has 4 N–H and O–H groups in total. The fourth-order valence-electron chi connectivity index (χ4n) is 7.23. The molecule has 4 aromatic heterocycles. The number of nitrogens with one attached hydrogen (secondary N) is 4. The molecule has 4 aromatic carbocycles. The van der Waals surface area contributed by atoms with Gasteiger partial charge >= 0.3 is 0 Å². The van der Waals surface area contributed by atoms with Crippen molar-refractivity contribution in [2.45, 2.75) is 6.92 Å². The van der Waals surface area contributed by atoms with E-state index in [1.807, 2.05) is 0 Å². The van der Waals surface area contributed by atoms with Crippen molar-refractivity contribution in [1.82, 2.24) is 19.9 Å². The van der Waals surface area contributed by atoms with Crippen LogP contribution >= 0.6 is 0 Å². The van der Waals surface area contributed by atoms with E-state index < -0.39 is 0 Å². The Bertz CT molecular complexity index is 2690. The zero-order valence-electron chi connectivity index (χ0n) is 27.1. The first-order chi connectivity index (χ1) is 24.2. The number of rotatable bonds is 4. The van der Waals surface area contributed by atoms with E-state index in [0.29, 0.717) is 0 Å². The van der Waals surface area contributed by atoms with Crippen LogP contribution in [0.1, 0.15) is 50.6 Å². The van der Waals surface area contributed by atoms with Gasteiger partial charge in [-0.25, -0.2) is 0 Å². The molecule has 8 bridgehead atoms. The summed E-state index contributed by atoms with van der Waals surface area (Å²) in [6, 6.07) is 58.1. The summed E-state index contributed by atoms with van der Waals surface area (Å²) >= 11 is 0. The molecule has 49 heavy (non-hydrogen) atoms. The predicted molar refractivity (Wildman–Crippen MR) is 199 cm³/mol. The molecule has 0 radical (unpaired) electrons. The summed E-state index contributed by atoms with van der Waals surface area (Å²) in [6.07, 6.45) is 0. The molecule has 8 aromatic rings. The quantitative estimate of drug-likeness (QED) is 0.169. The Labute approximate surface area is 284 Å². The second-order valence-corrected chi connectivity index (χ2v) is 12.6. The first-order valence-corrected chi connectivity index (χ1v) is 16.7. The maximum absolute atomic E-state index is 3.91. The van der Waals surface area contributed by atoms with Gasteiger partial charge in [0, 0.05) is 61.1 Å². The summed E-state index contributed by atoms with van der Waals surface area (Å²) in [5.74, 6) is 0. The number of hydrogen-bond donors (Lipinski definition) is 4. The minimum absolute atomic E-state index is 1.04. The van der Waals surface area contributed by atoms with Gasteiger partial charge in [0.1, 0.15) is 0 Å². The van der Waals surface area contributed by atoms with Crippen LogP contribution in [-0.2, 0) is 0 Å². The molecule has 4 heteroatoms. The van der Waals surface area contributed by atoms with Gasteiger partial charge in [0.25, 0.3) is 0 Å². The topological polar surface area (TPSA) is 63.2 Å². The largest absolute Gasteiger partial charge is 0.354 e. The minimum atomic E-state index is 1.04. The first-order valence-electron chi connectivity index (χ1n) is 16.7. The number of H-pyrrole nitrogens is 4. The second kappa shape index (κ2) is 11.9. The maximum atomic E-state index is 3.91. The van der Waals surface area contributed by atoms with Gasteiger partial charge in [0.15, 0.2) is 0 Å². The van der Waals surface area contributed by atoms with Gasteiger partial charge in [-0.3, -0.25) is 0 Å². The zero-order chi connectivity index (χ0) is 32.7. The van der Waals surface area contributed by atoms with Crippen molar-refractivity contribution in [1.29, 1.82) is 0 Å². The van der Waals surface area contributed by atoms with Crippen LogP contribution in [0.5, 0.6) is 0 Å². The highest BCUT2D eigenvalue weighted by Gasteiger charge is 2.18. The van der Waals surface area contributed by atoms with Crippen molar-refractivity contribution >= 4 is 22.3 Å². The summed E-state index contributed by atoms with van der Waals surface area (Å²) in [7, 11) is 0. The highest BCUT2D eigenvalue weighted by molar-refractivity contribution is 5.85. The summed E-state index contributed by atoms with van der Waals surface area (Å²) in [5, 5.41) is 4.22. The molecule has 234 valence electrons. The molecule has 9 rings (SSSR count). The van der Waals surface area contributed by atoms with Gasteiger partial charge in [0.2, 0.25) is 0 Å². The molecular formula is C45H34N4. The maximum Gasteiger partial charge on any atom is 0.0515 e. The second-order valence-electron chi connectivity index (χ2n) is 12.6. The van der Waals surface area contributed by atoms with Crippen LogP contribution in [0.25, 0.3) is 22.3 Å². The van der Waals surface area contributed by atoms with Crippen LogP contribution in [0.4, 0.5) is 0 Å². The van der Waals surface area contributed by atoms with Crippen LogP contribution < -0.4 is 21.4 Å². The van der Waals surface area contributed by atoms with Crippen molar-refractivity contribution in [2.24, 2.45) is 0 Å². The molecule has 0 amide bonds. The van der Waals surface area contributed by atoms with Gasteiger partial charge in [-0.1, -0.05) is 121 Å². The molecular weight excluding hydrogens is 597 g/mol. The Hall–Kier alpha value is -6.52. The van der Waals surface area contributed by atoms with Gasteiger partial charge < -0.3 is 19.9 Å². The highest BCUT2D eigenvalue weighted by atomic mass is 14.8. The lowest BCUT2D eigenvalue weighted by Crippen LogP contribution is -2.19. The number of aryl methyl sites for hydroxylation is 1. The molecule has 0 unspecified atom stereocenters. The highest BCUT2D eigenvalue weighted by Crippen LogP contribution is 2.28. The lowest BCUT2D eigenvalue weighted by Gasteiger charge is -2.10. The van der Waals surface area contributed by atoms with E-state index in [9.17, 15) is 0 Å². The van der Waals surface area contributed by atoms with Crippen LogP contribution in [-0.4, -0.2) is 19.9 Å². The van der Waals surface area contributed by atoms with E-state index in [-0.39, 0.29) is 0 Å². The number of benzene rings is 4. The van der Waals surface area contributed by atoms with Crippen molar-refractivity contribution in [2.75, 3.05) is 0 Å². The number of hydrogen-bond acceptors (Lipinski definition) is 0. The smallest absolute Gasteiger partial charge is 0.0515 e. The Morgan fingerprint density at radius 2 is 0.653 bits per heavy atom. The van der Waals surface area contributed by atoms with Gasteiger partial charge in [-0.2, -0.15) is 0 Å². The third-order valence-corrected chi connectivity index (χ3v) is 9.46. The summed E-state index contributed by atoms with van der Waals surface area (Å²) in [6.45, 7) is 2.20. The number of fused-ring (bicyclic) bond motifs is 8. The fourth-order valence-corrected chi connectivity index (χ4v) is 7.23. The molecule has 1 aliphatic heterocycles. The molecule has 5 heterocycles. The summed E-state index contributed by atoms with van der Waals surface area (Å²) < 4.78 is 0. The van der Waals surface area contributed by atoms with Crippen LogP contribution in [0.2, 0.25) is 0 Å². The van der Waals surface area contributed by atoms with Gasteiger partial charge in [0.05, 0.1) is 5.35 Å². The molecule has 1 aliphatic rings. The fraction of sp³-hybridized carbons (Fsp3) is 0.0222. The first kappa shape index (κ1) is 28.7. The van der Waals surface area contributed by atoms with E-state index in [2.05, 4.69) is 191 Å². The zero-order valence-corrected chi connectivity index (χ0v) is 27.1. The number of aromatic amines is 4. The molecule has 0 aliphatic carbocycles. The van der Waals surface area contributed by atoms with Gasteiger partial charge in [-0.05, 0) is 77.2 Å². The molecule has 0 saturated carbocycles. The SMILES string of the molecule is Cc1cc2[nH]c1=C(c1ccccc1)c1ccc([nH]1)C(c1ccccc1)=c1ccc([nH]1)=C(c1ccccc1)c1ccc([nH]1)C=2c1ccccc1. The summed E-state index contributed by atoms with van der Waals surface area (Å²) in [5.41, 5.74) is 14.4. The lowest BCUT2D eigenvalue weighted by molar-refractivity contribution is 1.18. The van der Waals surface area contributed by atoms with E-state index in [0.717, 1.165) is 88.7 Å². The third kappa shape index (κ3) is 5.11.